The number of nitrogens with zero attached hydrogens (tertiary/aromatic N) is 6. The highest BCUT2D eigenvalue weighted by Gasteiger charge is 2.11. The SMILES string of the molecule is CCc1nccc(-c2nccn2-c2cnn(Cc3ccc(F)cc3)c2)n1. The Morgan fingerprint density at radius 3 is 2.69 bits per heavy atom. The van der Waals surface area contributed by atoms with Crippen LogP contribution >= 0.6 is 0 Å². The zero-order chi connectivity index (χ0) is 17.9. The van der Waals surface area contributed by atoms with E-state index in [2.05, 4.69) is 20.1 Å². The number of rotatable bonds is 5. The first-order valence-electron chi connectivity index (χ1n) is 8.36. The molecule has 0 aliphatic carbocycles. The van der Waals surface area contributed by atoms with Crippen molar-refractivity contribution in [1.82, 2.24) is 29.3 Å². The highest BCUT2D eigenvalue weighted by atomic mass is 19.1. The summed E-state index contributed by atoms with van der Waals surface area (Å²) in [6.07, 6.45) is 9.83. The van der Waals surface area contributed by atoms with Gasteiger partial charge in [0.25, 0.3) is 0 Å². The lowest BCUT2D eigenvalue weighted by Crippen LogP contribution is -2.01. The van der Waals surface area contributed by atoms with Crippen LogP contribution < -0.4 is 0 Å². The van der Waals surface area contributed by atoms with E-state index >= 15 is 0 Å². The lowest BCUT2D eigenvalue weighted by molar-refractivity contribution is 0.624. The molecule has 0 saturated carbocycles. The van der Waals surface area contributed by atoms with Gasteiger partial charge >= 0.3 is 0 Å². The first kappa shape index (κ1) is 16.1. The molecule has 0 N–H and O–H groups in total. The summed E-state index contributed by atoms with van der Waals surface area (Å²) in [6.45, 7) is 2.59. The Morgan fingerprint density at radius 1 is 1.04 bits per heavy atom. The van der Waals surface area contributed by atoms with Crippen LogP contribution in [-0.2, 0) is 13.0 Å². The van der Waals surface area contributed by atoms with Crippen LogP contribution in [0.25, 0.3) is 17.2 Å². The maximum atomic E-state index is 13.0. The van der Waals surface area contributed by atoms with Gasteiger partial charge in [0.2, 0.25) is 0 Å². The van der Waals surface area contributed by atoms with Crippen LogP contribution in [0.2, 0.25) is 0 Å². The summed E-state index contributed by atoms with van der Waals surface area (Å²) in [4.78, 5) is 13.2. The van der Waals surface area contributed by atoms with Crippen LogP contribution in [0.5, 0.6) is 0 Å². The fourth-order valence-electron chi connectivity index (χ4n) is 2.74. The van der Waals surface area contributed by atoms with E-state index in [1.54, 1.807) is 30.7 Å². The van der Waals surface area contributed by atoms with Gasteiger partial charge in [-0.05, 0) is 23.8 Å². The molecule has 0 atom stereocenters. The molecule has 0 aliphatic heterocycles. The van der Waals surface area contributed by atoms with Crippen LogP contribution in [0.4, 0.5) is 4.39 Å². The van der Waals surface area contributed by atoms with Gasteiger partial charge in [0.1, 0.15) is 17.3 Å². The molecular formula is C19H17FN6. The summed E-state index contributed by atoms with van der Waals surface area (Å²) in [5.41, 5.74) is 2.64. The van der Waals surface area contributed by atoms with Crippen molar-refractivity contribution in [2.24, 2.45) is 0 Å². The molecule has 0 fully saturated rings. The van der Waals surface area contributed by atoms with E-state index in [9.17, 15) is 4.39 Å². The molecule has 0 saturated heterocycles. The normalized spacial score (nSPS) is 11.0. The van der Waals surface area contributed by atoms with Crippen LogP contribution in [-0.4, -0.2) is 29.3 Å². The van der Waals surface area contributed by atoms with E-state index in [1.165, 1.54) is 12.1 Å². The van der Waals surface area contributed by atoms with Gasteiger partial charge in [-0.25, -0.2) is 19.3 Å². The molecule has 6 nitrogen and oxygen atoms in total. The Labute approximate surface area is 150 Å². The maximum absolute atomic E-state index is 13.0. The average molecular weight is 348 g/mol. The van der Waals surface area contributed by atoms with Crippen molar-refractivity contribution in [3.63, 3.8) is 0 Å². The van der Waals surface area contributed by atoms with Gasteiger partial charge in [-0.2, -0.15) is 5.10 Å². The lowest BCUT2D eigenvalue weighted by atomic mass is 10.2. The third kappa shape index (κ3) is 3.23. The van der Waals surface area contributed by atoms with Crippen LogP contribution in [0, 0.1) is 5.82 Å². The molecule has 3 aromatic heterocycles. The number of benzene rings is 1. The van der Waals surface area contributed by atoms with Crippen LogP contribution in [0.1, 0.15) is 18.3 Å². The largest absolute Gasteiger partial charge is 0.295 e. The molecule has 4 rings (SSSR count). The minimum Gasteiger partial charge on any atom is -0.295 e. The molecule has 0 radical (unpaired) electrons. The molecule has 0 unspecified atom stereocenters. The first-order valence-corrected chi connectivity index (χ1v) is 8.36. The van der Waals surface area contributed by atoms with Crippen molar-refractivity contribution in [3.8, 4) is 17.2 Å². The predicted octanol–water partition coefficient (Wildman–Crippen LogP) is 3.28. The number of imidazole rings is 1. The third-order valence-electron chi connectivity index (χ3n) is 4.05. The van der Waals surface area contributed by atoms with E-state index in [0.717, 1.165) is 35.0 Å². The topological polar surface area (TPSA) is 61.4 Å². The molecule has 0 spiro atoms. The highest BCUT2D eigenvalue weighted by Crippen LogP contribution is 2.19. The summed E-state index contributed by atoms with van der Waals surface area (Å²) in [7, 11) is 0. The summed E-state index contributed by atoms with van der Waals surface area (Å²) in [6, 6.07) is 8.27. The molecule has 0 amide bonds. The summed E-state index contributed by atoms with van der Waals surface area (Å²) in [5, 5.41) is 4.40. The molecule has 7 heteroatoms. The molecule has 26 heavy (non-hydrogen) atoms. The summed E-state index contributed by atoms with van der Waals surface area (Å²) >= 11 is 0. The fraction of sp³-hybridized carbons (Fsp3) is 0.158. The molecule has 130 valence electrons. The van der Waals surface area contributed by atoms with Gasteiger partial charge < -0.3 is 0 Å². The Hall–Kier alpha value is -3.35. The number of halogens is 1. The van der Waals surface area contributed by atoms with Crippen molar-refractivity contribution < 1.29 is 4.39 Å². The second-order valence-electron chi connectivity index (χ2n) is 5.86. The van der Waals surface area contributed by atoms with E-state index in [-0.39, 0.29) is 5.82 Å². The minimum atomic E-state index is -0.241. The number of aromatic nitrogens is 6. The van der Waals surface area contributed by atoms with Crippen molar-refractivity contribution in [1.29, 1.82) is 0 Å². The van der Waals surface area contributed by atoms with Gasteiger partial charge in [-0.3, -0.25) is 9.25 Å². The smallest absolute Gasteiger partial charge is 0.163 e. The number of hydrogen-bond donors (Lipinski definition) is 0. The number of aryl methyl sites for hydroxylation is 1. The molecule has 3 heterocycles. The van der Waals surface area contributed by atoms with Gasteiger partial charge in [0, 0.05) is 31.2 Å². The maximum Gasteiger partial charge on any atom is 0.163 e. The monoisotopic (exact) mass is 348 g/mol. The first-order chi connectivity index (χ1) is 12.7. The zero-order valence-electron chi connectivity index (χ0n) is 14.2. The quantitative estimate of drug-likeness (QED) is 0.555. The molecule has 1 aromatic carbocycles. The van der Waals surface area contributed by atoms with Crippen molar-refractivity contribution in [2.75, 3.05) is 0 Å². The van der Waals surface area contributed by atoms with Crippen molar-refractivity contribution in [2.45, 2.75) is 19.9 Å². The Balaban J connectivity index is 1.62. The molecule has 0 bridgehead atoms. The predicted molar refractivity (Wildman–Crippen MR) is 95.3 cm³/mol. The van der Waals surface area contributed by atoms with Crippen molar-refractivity contribution >= 4 is 0 Å². The zero-order valence-corrected chi connectivity index (χ0v) is 14.2. The Bertz CT molecular complexity index is 1020. The van der Waals surface area contributed by atoms with E-state index in [4.69, 9.17) is 0 Å². The highest BCUT2D eigenvalue weighted by molar-refractivity contribution is 5.53. The van der Waals surface area contributed by atoms with E-state index < -0.39 is 0 Å². The Morgan fingerprint density at radius 2 is 1.88 bits per heavy atom. The van der Waals surface area contributed by atoms with Crippen LogP contribution in [0.15, 0.2) is 61.3 Å². The molecule has 0 aliphatic rings. The second kappa shape index (κ2) is 6.87. The van der Waals surface area contributed by atoms with Crippen molar-refractivity contribution in [3.05, 3.63) is 78.5 Å². The summed E-state index contributed by atoms with van der Waals surface area (Å²) in [5.74, 6) is 1.28. The minimum absolute atomic E-state index is 0.241. The van der Waals surface area contributed by atoms with Gasteiger partial charge in [0.15, 0.2) is 5.82 Å². The fourth-order valence-corrected chi connectivity index (χ4v) is 2.74. The van der Waals surface area contributed by atoms with E-state index in [1.807, 2.05) is 34.6 Å². The van der Waals surface area contributed by atoms with Gasteiger partial charge in [-0.1, -0.05) is 19.1 Å². The van der Waals surface area contributed by atoms with Gasteiger partial charge in [-0.15, -0.1) is 0 Å². The standard InChI is InChI=1S/C19H17FN6/c1-2-18-21-8-7-17(24-18)19-22-9-10-26(19)16-11-23-25(13-16)12-14-3-5-15(20)6-4-14/h3-11,13H,2,12H2,1H3. The number of hydrogen-bond acceptors (Lipinski definition) is 4. The average Bonchev–Trinajstić information content (AvgIpc) is 3.33. The molecular weight excluding hydrogens is 331 g/mol. The summed E-state index contributed by atoms with van der Waals surface area (Å²) < 4.78 is 16.8. The molecule has 4 aromatic rings. The second-order valence-corrected chi connectivity index (χ2v) is 5.86. The lowest BCUT2D eigenvalue weighted by Gasteiger charge is -2.05. The van der Waals surface area contributed by atoms with E-state index in [0.29, 0.717) is 6.54 Å². The van der Waals surface area contributed by atoms with Gasteiger partial charge in [0.05, 0.1) is 18.4 Å². The van der Waals surface area contributed by atoms with Crippen LogP contribution in [0.3, 0.4) is 0 Å². The third-order valence-corrected chi connectivity index (χ3v) is 4.05. The Kier molecular flexibility index (Phi) is 4.27.